The lowest BCUT2D eigenvalue weighted by Crippen LogP contribution is -1.98. The lowest BCUT2D eigenvalue weighted by Gasteiger charge is -2.14. The van der Waals surface area contributed by atoms with Crippen molar-refractivity contribution in [1.82, 2.24) is 0 Å². The number of benzene rings is 1. The van der Waals surface area contributed by atoms with Gasteiger partial charge in [0.2, 0.25) is 0 Å². The quantitative estimate of drug-likeness (QED) is 0.847. The number of nitriles is 1. The first-order valence-corrected chi connectivity index (χ1v) is 5.25. The SMILES string of the molecule is COc1ccc(OC)c(C(C)C#N)c1Br. The van der Waals surface area contributed by atoms with Crippen LogP contribution in [-0.4, -0.2) is 14.2 Å². The average molecular weight is 270 g/mol. The number of rotatable bonds is 3. The zero-order valence-corrected chi connectivity index (χ0v) is 10.5. The lowest BCUT2D eigenvalue weighted by molar-refractivity contribution is 0.395. The summed E-state index contributed by atoms with van der Waals surface area (Å²) in [5, 5.41) is 8.93. The Morgan fingerprint density at radius 1 is 1.27 bits per heavy atom. The fourth-order valence-corrected chi connectivity index (χ4v) is 2.19. The van der Waals surface area contributed by atoms with Crippen LogP contribution in [-0.2, 0) is 0 Å². The number of halogens is 1. The fourth-order valence-electron chi connectivity index (χ4n) is 1.36. The van der Waals surface area contributed by atoms with E-state index in [1.54, 1.807) is 26.4 Å². The Morgan fingerprint density at radius 2 is 1.80 bits per heavy atom. The van der Waals surface area contributed by atoms with E-state index in [4.69, 9.17) is 14.7 Å². The van der Waals surface area contributed by atoms with E-state index in [-0.39, 0.29) is 5.92 Å². The van der Waals surface area contributed by atoms with Crippen molar-refractivity contribution in [3.63, 3.8) is 0 Å². The highest BCUT2D eigenvalue weighted by Gasteiger charge is 2.17. The van der Waals surface area contributed by atoms with Gasteiger partial charge in [0, 0.05) is 5.56 Å². The minimum atomic E-state index is -0.246. The van der Waals surface area contributed by atoms with Gasteiger partial charge in [0.1, 0.15) is 11.5 Å². The number of methoxy groups -OCH3 is 2. The second-order valence-electron chi connectivity index (χ2n) is 3.05. The maximum atomic E-state index is 8.93. The number of nitrogens with zero attached hydrogens (tertiary/aromatic N) is 1. The zero-order valence-electron chi connectivity index (χ0n) is 8.87. The standard InChI is InChI=1S/C11H12BrNO2/c1-7(6-13)10-8(14-2)4-5-9(15-3)11(10)12/h4-5,7H,1-3H3. The van der Waals surface area contributed by atoms with E-state index in [0.29, 0.717) is 11.5 Å². The van der Waals surface area contributed by atoms with E-state index < -0.39 is 0 Å². The van der Waals surface area contributed by atoms with Crippen molar-refractivity contribution in [2.24, 2.45) is 0 Å². The van der Waals surface area contributed by atoms with Gasteiger partial charge in [0.15, 0.2) is 0 Å². The summed E-state index contributed by atoms with van der Waals surface area (Å²) in [6, 6.07) is 5.78. The van der Waals surface area contributed by atoms with Gasteiger partial charge in [-0.05, 0) is 35.0 Å². The average Bonchev–Trinajstić information content (AvgIpc) is 2.27. The molecule has 1 atom stereocenters. The van der Waals surface area contributed by atoms with E-state index in [2.05, 4.69) is 22.0 Å². The molecular weight excluding hydrogens is 258 g/mol. The maximum absolute atomic E-state index is 8.93. The van der Waals surface area contributed by atoms with Crippen molar-refractivity contribution in [1.29, 1.82) is 5.26 Å². The second kappa shape index (κ2) is 5.04. The Hall–Kier alpha value is -1.21. The molecule has 0 bridgehead atoms. The Kier molecular flexibility index (Phi) is 3.98. The molecule has 3 nitrogen and oxygen atoms in total. The molecule has 0 aromatic heterocycles. The highest BCUT2D eigenvalue weighted by Crippen LogP contribution is 2.39. The topological polar surface area (TPSA) is 42.2 Å². The van der Waals surface area contributed by atoms with E-state index in [9.17, 15) is 0 Å². The predicted octanol–water partition coefficient (Wildman–Crippen LogP) is 3.09. The van der Waals surface area contributed by atoms with Crippen molar-refractivity contribution < 1.29 is 9.47 Å². The summed E-state index contributed by atoms with van der Waals surface area (Å²) >= 11 is 3.42. The van der Waals surface area contributed by atoms with Gasteiger partial charge in [-0.15, -0.1) is 0 Å². The molecule has 0 aliphatic heterocycles. The highest BCUT2D eigenvalue weighted by atomic mass is 79.9. The summed E-state index contributed by atoms with van der Waals surface area (Å²) in [6.07, 6.45) is 0. The molecule has 0 amide bonds. The molecule has 0 saturated carbocycles. The largest absolute Gasteiger partial charge is 0.496 e. The molecule has 1 aromatic carbocycles. The normalized spacial score (nSPS) is 11.7. The molecule has 0 N–H and O–H groups in total. The summed E-state index contributed by atoms with van der Waals surface area (Å²) in [5.74, 6) is 1.15. The zero-order chi connectivity index (χ0) is 11.4. The Balaban J connectivity index is 3.37. The van der Waals surface area contributed by atoms with Crippen LogP contribution in [0.2, 0.25) is 0 Å². The first-order valence-electron chi connectivity index (χ1n) is 4.45. The van der Waals surface area contributed by atoms with Crippen LogP contribution in [0.5, 0.6) is 11.5 Å². The van der Waals surface area contributed by atoms with Gasteiger partial charge in [-0.1, -0.05) is 0 Å². The van der Waals surface area contributed by atoms with Gasteiger partial charge >= 0.3 is 0 Å². The van der Waals surface area contributed by atoms with Crippen LogP contribution in [0.1, 0.15) is 18.4 Å². The fraction of sp³-hybridized carbons (Fsp3) is 0.364. The van der Waals surface area contributed by atoms with Gasteiger partial charge in [0.25, 0.3) is 0 Å². The van der Waals surface area contributed by atoms with Crippen molar-refractivity contribution in [3.05, 3.63) is 22.2 Å². The monoisotopic (exact) mass is 269 g/mol. The van der Waals surface area contributed by atoms with Gasteiger partial charge in [-0.25, -0.2) is 0 Å². The third-order valence-electron chi connectivity index (χ3n) is 2.17. The molecule has 15 heavy (non-hydrogen) atoms. The van der Waals surface area contributed by atoms with Crippen LogP contribution in [0.3, 0.4) is 0 Å². The lowest BCUT2D eigenvalue weighted by atomic mass is 10.0. The molecular formula is C11H12BrNO2. The minimum absolute atomic E-state index is 0.246. The number of ether oxygens (including phenoxy) is 2. The van der Waals surface area contributed by atoms with E-state index >= 15 is 0 Å². The smallest absolute Gasteiger partial charge is 0.133 e. The number of hydrogen-bond donors (Lipinski definition) is 0. The summed E-state index contributed by atoms with van der Waals surface area (Å²) in [4.78, 5) is 0. The summed E-state index contributed by atoms with van der Waals surface area (Å²) in [5.41, 5.74) is 0.819. The van der Waals surface area contributed by atoms with Gasteiger partial charge in [0.05, 0.1) is 30.7 Å². The van der Waals surface area contributed by atoms with Crippen LogP contribution < -0.4 is 9.47 Å². The molecule has 0 aliphatic rings. The Bertz CT molecular complexity index is 398. The highest BCUT2D eigenvalue weighted by molar-refractivity contribution is 9.10. The summed E-state index contributed by atoms with van der Waals surface area (Å²) in [7, 11) is 3.18. The Morgan fingerprint density at radius 3 is 2.27 bits per heavy atom. The Labute approximate surface area is 97.7 Å². The van der Waals surface area contributed by atoms with Gasteiger partial charge < -0.3 is 9.47 Å². The molecule has 1 aromatic rings. The van der Waals surface area contributed by atoms with Crippen LogP contribution >= 0.6 is 15.9 Å². The molecule has 1 unspecified atom stereocenters. The molecule has 0 heterocycles. The van der Waals surface area contributed by atoms with Crippen molar-refractivity contribution >= 4 is 15.9 Å². The van der Waals surface area contributed by atoms with Crippen molar-refractivity contribution in [2.45, 2.75) is 12.8 Å². The first kappa shape index (κ1) is 11.9. The van der Waals surface area contributed by atoms with Crippen LogP contribution in [0, 0.1) is 11.3 Å². The van der Waals surface area contributed by atoms with Crippen LogP contribution in [0.25, 0.3) is 0 Å². The molecule has 0 radical (unpaired) electrons. The van der Waals surface area contributed by atoms with Crippen LogP contribution in [0.4, 0.5) is 0 Å². The number of hydrogen-bond acceptors (Lipinski definition) is 3. The van der Waals surface area contributed by atoms with Crippen molar-refractivity contribution in [2.75, 3.05) is 14.2 Å². The molecule has 0 spiro atoms. The first-order chi connectivity index (χ1) is 7.15. The van der Waals surface area contributed by atoms with Gasteiger partial charge in [-0.2, -0.15) is 5.26 Å². The van der Waals surface area contributed by atoms with E-state index in [1.165, 1.54) is 0 Å². The predicted molar refractivity (Wildman–Crippen MR) is 61.3 cm³/mol. The van der Waals surface area contributed by atoms with Crippen molar-refractivity contribution in [3.8, 4) is 17.6 Å². The molecule has 4 heteroatoms. The molecule has 0 aliphatic carbocycles. The van der Waals surface area contributed by atoms with E-state index in [1.807, 2.05) is 6.92 Å². The maximum Gasteiger partial charge on any atom is 0.133 e. The third-order valence-corrected chi connectivity index (χ3v) is 2.99. The molecule has 0 saturated heterocycles. The molecule has 1 rings (SSSR count). The molecule has 0 fully saturated rings. The van der Waals surface area contributed by atoms with E-state index in [0.717, 1.165) is 10.0 Å². The summed E-state index contributed by atoms with van der Waals surface area (Å²) < 4.78 is 11.2. The molecule has 80 valence electrons. The third kappa shape index (κ3) is 2.24. The van der Waals surface area contributed by atoms with Crippen LogP contribution in [0.15, 0.2) is 16.6 Å². The second-order valence-corrected chi connectivity index (χ2v) is 3.84. The minimum Gasteiger partial charge on any atom is -0.496 e. The summed E-state index contributed by atoms with van der Waals surface area (Å²) in [6.45, 7) is 1.82. The van der Waals surface area contributed by atoms with Gasteiger partial charge in [-0.3, -0.25) is 0 Å².